The first-order valence-electron chi connectivity index (χ1n) is 8.68. The van der Waals surface area contributed by atoms with Crippen LogP contribution in [0.5, 0.6) is 0 Å². The Hall–Kier alpha value is -2.86. The number of aryl methyl sites for hydroxylation is 2. The van der Waals surface area contributed by atoms with E-state index in [4.69, 9.17) is 0 Å². The average Bonchev–Trinajstić information content (AvgIpc) is 2.62. The molecule has 2 aromatic rings. The van der Waals surface area contributed by atoms with Crippen molar-refractivity contribution in [1.29, 1.82) is 0 Å². The number of anilines is 2. The fraction of sp³-hybridized carbons (Fsp3) is 0.300. The van der Waals surface area contributed by atoms with E-state index in [2.05, 4.69) is 10.6 Å². The molecule has 6 nitrogen and oxygen atoms in total. The molecule has 0 radical (unpaired) electrons. The van der Waals surface area contributed by atoms with E-state index in [1.807, 2.05) is 26.8 Å². The highest BCUT2D eigenvalue weighted by atomic mass is 16.3. The summed E-state index contributed by atoms with van der Waals surface area (Å²) in [5.74, 6) is -0.625. The van der Waals surface area contributed by atoms with Gasteiger partial charge in [0.05, 0.1) is 5.69 Å². The van der Waals surface area contributed by atoms with Crippen LogP contribution in [0.25, 0.3) is 0 Å². The molecule has 0 fully saturated rings. The second-order valence-corrected chi connectivity index (χ2v) is 6.51. The second-order valence-electron chi connectivity index (χ2n) is 6.51. The number of amides is 3. The second kappa shape index (κ2) is 6.80. The molecule has 3 amide bonds. The number of nitrogens with zero attached hydrogens (tertiary/aromatic N) is 1. The van der Waals surface area contributed by atoms with E-state index in [9.17, 15) is 14.7 Å². The molecule has 6 heteroatoms. The van der Waals surface area contributed by atoms with Crippen LogP contribution in [-0.2, 0) is 10.5 Å². The molecule has 0 saturated heterocycles. The van der Waals surface area contributed by atoms with Crippen molar-refractivity contribution in [2.24, 2.45) is 0 Å². The number of urea groups is 1. The van der Waals surface area contributed by atoms with E-state index in [0.717, 1.165) is 22.4 Å². The molecule has 3 rings (SSSR count). The molecule has 2 aromatic carbocycles. The van der Waals surface area contributed by atoms with E-state index in [-0.39, 0.29) is 0 Å². The van der Waals surface area contributed by atoms with Gasteiger partial charge in [0.2, 0.25) is 0 Å². The van der Waals surface area contributed by atoms with Gasteiger partial charge in [-0.05, 0) is 49.6 Å². The van der Waals surface area contributed by atoms with Crippen molar-refractivity contribution in [3.8, 4) is 0 Å². The zero-order chi connectivity index (χ0) is 18.9. The van der Waals surface area contributed by atoms with Gasteiger partial charge in [0.1, 0.15) is 0 Å². The maximum absolute atomic E-state index is 12.9. The van der Waals surface area contributed by atoms with E-state index in [1.165, 1.54) is 0 Å². The van der Waals surface area contributed by atoms with Gasteiger partial charge in [-0.25, -0.2) is 4.79 Å². The molecule has 0 aromatic heterocycles. The van der Waals surface area contributed by atoms with Crippen LogP contribution in [0, 0.1) is 13.8 Å². The quantitative estimate of drug-likeness (QED) is 0.790. The maximum Gasteiger partial charge on any atom is 0.329 e. The van der Waals surface area contributed by atoms with E-state index in [0.29, 0.717) is 23.5 Å². The average molecular weight is 353 g/mol. The highest BCUT2D eigenvalue weighted by Gasteiger charge is 2.51. The van der Waals surface area contributed by atoms with Crippen molar-refractivity contribution in [2.75, 3.05) is 16.8 Å². The molecule has 0 unspecified atom stereocenters. The molecule has 136 valence electrons. The SMILES string of the molecule is CCCNC(=O)[C@]1(O)c2ccccc2NC(=O)N1c1ccc(C)c(C)c1. The standard InChI is InChI=1S/C20H23N3O3/c1-4-11-21-18(24)20(26)16-7-5-6-8-17(16)22-19(25)23(20)15-10-9-13(2)14(3)12-15/h5-10,12,26H,4,11H2,1-3H3,(H,21,24)(H,22,25)/t20-/m1/s1. The van der Waals surface area contributed by atoms with Gasteiger partial charge >= 0.3 is 6.03 Å². The maximum atomic E-state index is 12.9. The van der Waals surface area contributed by atoms with Crippen molar-refractivity contribution in [1.82, 2.24) is 5.32 Å². The predicted octanol–water partition coefficient (Wildman–Crippen LogP) is 3.03. The van der Waals surface area contributed by atoms with Gasteiger partial charge in [0.15, 0.2) is 0 Å². The molecule has 0 aliphatic carbocycles. The third kappa shape index (κ3) is 2.82. The molecular formula is C20H23N3O3. The van der Waals surface area contributed by atoms with Crippen molar-refractivity contribution >= 4 is 23.3 Å². The first-order valence-corrected chi connectivity index (χ1v) is 8.68. The van der Waals surface area contributed by atoms with Gasteiger partial charge < -0.3 is 15.7 Å². The van der Waals surface area contributed by atoms with E-state index in [1.54, 1.807) is 36.4 Å². The first-order chi connectivity index (χ1) is 12.4. The number of fused-ring (bicyclic) bond motifs is 1. The number of aliphatic hydroxyl groups is 1. The highest BCUT2D eigenvalue weighted by molar-refractivity contribution is 6.11. The van der Waals surface area contributed by atoms with Crippen molar-refractivity contribution in [3.05, 3.63) is 59.2 Å². The highest BCUT2D eigenvalue weighted by Crippen LogP contribution is 2.40. The van der Waals surface area contributed by atoms with Crippen LogP contribution < -0.4 is 15.5 Å². The van der Waals surface area contributed by atoms with Gasteiger partial charge in [-0.1, -0.05) is 31.2 Å². The zero-order valence-corrected chi connectivity index (χ0v) is 15.2. The van der Waals surface area contributed by atoms with Crippen molar-refractivity contribution in [2.45, 2.75) is 32.9 Å². The Bertz CT molecular complexity index is 865. The van der Waals surface area contributed by atoms with Crippen LogP contribution in [0.4, 0.5) is 16.2 Å². The molecule has 1 aliphatic rings. The normalized spacial score (nSPS) is 18.9. The lowest BCUT2D eigenvalue weighted by Gasteiger charge is -2.42. The Morgan fingerprint density at radius 2 is 1.92 bits per heavy atom. The smallest absolute Gasteiger partial charge is 0.329 e. The summed E-state index contributed by atoms with van der Waals surface area (Å²) in [6, 6.07) is 11.6. The Balaban J connectivity index is 2.18. The fourth-order valence-electron chi connectivity index (χ4n) is 3.09. The summed E-state index contributed by atoms with van der Waals surface area (Å²) < 4.78 is 0. The van der Waals surface area contributed by atoms with Gasteiger partial charge in [-0.15, -0.1) is 0 Å². The number of hydrogen-bond acceptors (Lipinski definition) is 3. The van der Waals surface area contributed by atoms with Crippen LogP contribution in [0.15, 0.2) is 42.5 Å². The van der Waals surface area contributed by atoms with E-state index >= 15 is 0 Å². The van der Waals surface area contributed by atoms with Crippen LogP contribution in [0.1, 0.15) is 30.0 Å². The molecule has 0 spiro atoms. The minimum atomic E-state index is -2.13. The molecule has 3 N–H and O–H groups in total. The van der Waals surface area contributed by atoms with Gasteiger partial charge in [0.25, 0.3) is 11.6 Å². The third-order valence-electron chi connectivity index (χ3n) is 4.67. The number of carbonyl (C=O) groups excluding carboxylic acids is 2. The van der Waals surface area contributed by atoms with E-state index < -0.39 is 17.7 Å². The van der Waals surface area contributed by atoms with Crippen molar-refractivity contribution < 1.29 is 14.7 Å². The molecular weight excluding hydrogens is 330 g/mol. The number of nitrogens with one attached hydrogen (secondary N) is 2. The topological polar surface area (TPSA) is 81.7 Å². The molecule has 1 heterocycles. The fourth-order valence-corrected chi connectivity index (χ4v) is 3.09. The summed E-state index contributed by atoms with van der Waals surface area (Å²) in [4.78, 5) is 26.9. The lowest BCUT2D eigenvalue weighted by atomic mass is 9.94. The van der Waals surface area contributed by atoms with Crippen LogP contribution >= 0.6 is 0 Å². The third-order valence-corrected chi connectivity index (χ3v) is 4.67. The number of carbonyl (C=O) groups is 2. The zero-order valence-electron chi connectivity index (χ0n) is 15.2. The molecule has 0 saturated carbocycles. The van der Waals surface area contributed by atoms with Gasteiger partial charge in [-0.2, -0.15) is 0 Å². The summed E-state index contributed by atoms with van der Waals surface area (Å²) >= 11 is 0. The molecule has 1 atom stereocenters. The Morgan fingerprint density at radius 1 is 1.19 bits per heavy atom. The minimum Gasteiger partial charge on any atom is -0.359 e. The minimum absolute atomic E-state index is 0.339. The Morgan fingerprint density at radius 3 is 2.62 bits per heavy atom. The van der Waals surface area contributed by atoms with Gasteiger partial charge in [0, 0.05) is 17.8 Å². The number of benzene rings is 2. The molecule has 1 aliphatic heterocycles. The van der Waals surface area contributed by atoms with Gasteiger partial charge in [-0.3, -0.25) is 9.69 Å². The summed E-state index contributed by atoms with van der Waals surface area (Å²) in [6.07, 6.45) is 0.722. The van der Waals surface area contributed by atoms with Crippen LogP contribution in [0.2, 0.25) is 0 Å². The summed E-state index contributed by atoms with van der Waals surface area (Å²) in [6.45, 7) is 6.22. The van der Waals surface area contributed by atoms with Crippen LogP contribution in [-0.4, -0.2) is 23.6 Å². The first kappa shape index (κ1) is 17.9. The number of para-hydroxylation sites is 1. The summed E-state index contributed by atoms with van der Waals surface area (Å²) in [7, 11) is 0. The lowest BCUT2D eigenvalue weighted by molar-refractivity contribution is -0.140. The molecule has 0 bridgehead atoms. The Kier molecular flexibility index (Phi) is 4.70. The number of rotatable bonds is 4. The Labute approximate surface area is 152 Å². The lowest BCUT2D eigenvalue weighted by Crippen LogP contribution is -2.62. The monoisotopic (exact) mass is 353 g/mol. The number of hydrogen-bond donors (Lipinski definition) is 3. The molecule has 26 heavy (non-hydrogen) atoms. The van der Waals surface area contributed by atoms with Crippen molar-refractivity contribution in [3.63, 3.8) is 0 Å². The summed E-state index contributed by atoms with van der Waals surface area (Å²) in [5.41, 5.74) is 1.11. The summed E-state index contributed by atoms with van der Waals surface area (Å²) in [5, 5.41) is 17.0. The van der Waals surface area contributed by atoms with Crippen LogP contribution in [0.3, 0.4) is 0 Å². The largest absolute Gasteiger partial charge is 0.359 e. The predicted molar refractivity (Wildman–Crippen MR) is 101 cm³/mol.